The monoisotopic (exact) mass is 374 g/mol. The second-order valence-electron chi connectivity index (χ2n) is 5.87. The summed E-state index contributed by atoms with van der Waals surface area (Å²) in [6.45, 7) is 0. The van der Waals surface area contributed by atoms with Gasteiger partial charge in [0.2, 0.25) is 6.29 Å². The lowest BCUT2D eigenvalue weighted by atomic mass is 9.97. The van der Waals surface area contributed by atoms with Crippen molar-refractivity contribution < 1.29 is 39.1 Å². The Morgan fingerprint density at radius 2 is 1.88 bits per heavy atom. The first-order valence-corrected chi connectivity index (χ1v) is 9.40. The number of fused-ring (bicyclic) bond motifs is 1. The Morgan fingerprint density at radius 1 is 1.16 bits per heavy atom. The van der Waals surface area contributed by atoms with Crippen LogP contribution < -0.4 is 4.74 Å². The molecule has 1 aromatic carbocycles. The lowest BCUT2D eigenvalue weighted by molar-refractivity contribution is -0.273. The number of aliphatic hydroxyl groups is 3. The molecular formula is C14H19N2O8P. The van der Waals surface area contributed by atoms with Gasteiger partial charge in [-0.05, 0) is 18.6 Å². The Balaban J connectivity index is 1.73. The number of benzene rings is 1. The van der Waals surface area contributed by atoms with Gasteiger partial charge in [-0.3, -0.25) is 4.57 Å². The zero-order chi connectivity index (χ0) is 18.2. The van der Waals surface area contributed by atoms with Crippen LogP contribution in [0.4, 0.5) is 0 Å². The highest BCUT2D eigenvalue weighted by atomic mass is 31.2. The standard InChI is InChI=1S/C14H19N2O8P/c17-10-9(5-6-25(20,21)22)23-13(12(19)11(10)18)24-14-15-7-3-1-2-4-8(7)16-14/h1-4,9-13,17-19H,5-6H2,(H,15,16)(H2,20,21,22)/t9-,10-,11+,12+,13?/m1/s1. The molecule has 1 fully saturated rings. The fourth-order valence-electron chi connectivity index (χ4n) is 2.64. The van der Waals surface area contributed by atoms with Crippen molar-refractivity contribution in [1.29, 1.82) is 0 Å². The quantitative estimate of drug-likeness (QED) is 0.372. The maximum absolute atomic E-state index is 11.0. The molecule has 11 heteroatoms. The lowest BCUT2D eigenvalue weighted by Gasteiger charge is -2.39. The smallest absolute Gasteiger partial charge is 0.325 e. The first-order valence-electron chi connectivity index (χ1n) is 7.60. The predicted octanol–water partition coefficient (Wildman–Crippen LogP) is -0.683. The number of nitrogens with one attached hydrogen (secondary N) is 1. The molecule has 25 heavy (non-hydrogen) atoms. The minimum atomic E-state index is -4.29. The van der Waals surface area contributed by atoms with Crippen LogP contribution in [-0.2, 0) is 9.30 Å². The number of ether oxygens (including phenoxy) is 2. The molecule has 0 radical (unpaired) electrons. The second kappa shape index (κ2) is 7.00. The minimum absolute atomic E-state index is 0.0441. The van der Waals surface area contributed by atoms with Crippen molar-refractivity contribution in [1.82, 2.24) is 9.97 Å². The van der Waals surface area contributed by atoms with Gasteiger partial charge in [0.15, 0.2) is 0 Å². The van der Waals surface area contributed by atoms with E-state index in [2.05, 4.69) is 9.97 Å². The third-order valence-electron chi connectivity index (χ3n) is 3.97. The number of aliphatic hydroxyl groups excluding tert-OH is 3. The Labute approximate surface area is 142 Å². The molecule has 0 spiro atoms. The molecule has 0 bridgehead atoms. The highest BCUT2D eigenvalue weighted by molar-refractivity contribution is 7.51. The number of hydrogen-bond donors (Lipinski definition) is 6. The number of nitrogens with zero attached hydrogens (tertiary/aromatic N) is 1. The van der Waals surface area contributed by atoms with Gasteiger partial charge in [0.05, 0.1) is 23.3 Å². The molecule has 0 saturated carbocycles. The fraction of sp³-hybridized carbons (Fsp3) is 0.500. The van der Waals surface area contributed by atoms with Crippen LogP contribution in [0.15, 0.2) is 24.3 Å². The zero-order valence-electron chi connectivity index (χ0n) is 13.0. The van der Waals surface area contributed by atoms with E-state index in [9.17, 15) is 19.9 Å². The molecule has 5 atom stereocenters. The van der Waals surface area contributed by atoms with Crippen molar-refractivity contribution in [3.05, 3.63) is 24.3 Å². The highest BCUT2D eigenvalue weighted by Crippen LogP contribution is 2.37. The van der Waals surface area contributed by atoms with E-state index in [1.54, 1.807) is 24.3 Å². The second-order valence-corrected chi connectivity index (χ2v) is 7.65. The molecule has 1 aromatic heterocycles. The average molecular weight is 374 g/mol. The first kappa shape index (κ1) is 18.3. The van der Waals surface area contributed by atoms with Gasteiger partial charge in [0, 0.05) is 0 Å². The van der Waals surface area contributed by atoms with Crippen molar-refractivity contribution in [2.24, 2.45) is 0 Å². The third kappa shape index (κ3) is 4.18. The van der Waals surface area contributed by atoms with Crippen LogP contribution in [-0.4, -0.2) is 71.9 Å². The SMILES string of the molecule is O=P(O)(O)CC[C@H]1OC(Oc2nc3ccccc3[nH]2)[C@@H](O)[C@@H](O)[C@@H]1O. The highest BCUT2D eigenvalue weighted by Gasteiger charge is 2.45. The van der Waals surface area contributed by atoms with E-state index < -0.39 is 44.5 Å². The maximum atomic E-state index is 11.0. The Morgan fingerprint density at radius 3 is 2.56 bits per heavy atom. The number of H-pyrrole nitrogens is 1. The van der Waals surface area contributed by atoms with E-state index in [1.165, 1.54) is 0 Å². The zero-order valence-corrected chi connectivity index (χ0v) is 13.9. The van der Waals surface area contributed by atoms with Crippen LogP contribution in [0, 0.1) is 0 Å². The predicted molar refractivity (Wildman–Crippen MR) is 84.9 cm³/mol. The van der Waals surface area contributed by atoms with E-state index in [4.69, 9.17) is 19.3 Å². The van der Waals surface area contributed by atoms with Gasteiger partial charge in [-0.1, -0.05) is 12.1 Å². The molecule has 1 unspecified atom stereocenters. The van der Waals surface area contributed by atoms with Crippen molar-refractivity contribution in [2.45, 2.75) is 37.1 Å². The summed E-state index contributed by atoms with van der Waals surface area (Å²) in [4.78, 5) is 24.9. The Kier molecular flexibility index (Phi) is 5.12. The van der Waals surface area contributed by atoms with Gasteiger partial charge >= 0.3 is 7.60 Å². The fourth-order valence-corrected chi connectivity index (χ4v) is 3.23. The van der Waals surface area contributed by atoms with Gasteiger partial charge < -0.3 is 39.6 Å². The summed E-state index contributed by atoms with van der Waals surface area (Å²) in [6, 6.07) is 7.15. The van der Waals surface area contributed by atoms with E-state index in [0.29, 0.717) is 11.0 Å². The number of para-hydroxylation sites is 2. The van der Waals surface area contributed by atoms with E-state index >= 15 is 0 Å². The van der Waals surface area contributed by atoms with Crippen LogP contribution in [0.2, 0.25) is 0 Å². The first-order chi connectivity index (χ1) is 11.7. The number of imidazole rings is 1. The minimum Gasteiger partial charge on any atom is -0.432 e. The summed E-state index contributed by atoms with van der Waals surface area (Å²) in [5, 5.41) is 29.9. The molecule has 0 aliphatic carbocycles. The average Bonchev–Trinajstić information content (AvgIpc) is 2.95. The largest absolute Gasteiger partial charge is 0.432 e. The molecule has 2 aromatic rings. The van der Waals surface area contributed by atoms with Gasteiger partial charge in [-0.15, -0.1) is 0 Å². The molecule has 10 nitrogen and oxygen atoms in total. The van der Waals surface area contributed by atoms with Crippen molar-refractivity contribution in [3.63, 3.8) is 0 Å². The van der Waals surface area contributed by atoms with Crippen LogP contribution in [0.25, 0.3) is 11.0 Å². The lowest BCUT2D eigenvalue weighted by Crippen LogP contribution is -2.59. The van der Waals surface area contributed by atoms with Crippen molar-refractivity contribution >= 4 is 18.6 Å². The van der Waals surface area contributed by atoms with Crippen LogP contribution in [0.1, 0.15) is 6.42 Å². The van der Waals surface area contributed by atoms with Gasteiger partial charge in [-0.25, -0.2) is 0 Å². The number of hydrogen-bond acceptors (Lipinski definition) is 7. The Bertz CT molecular complexity index is 744. The molecule has 2 heterocycles. The van der Waals surface area contributed by atoms with Gasteiger partial charge in [-0.2, -0.15) is 4.98 Å². The molecule has 1 aliphatic heterocycles. The van der Waals surface area contributed by atoms with Crippen molar-refractivity contribution in [2.75, 3.05) is 6.16 Å². The maximum Gasteiger partial charge on any atom is 0.325 e. The summed E-state index contributed by atoms with van der Waals surface area (Å²) in [6.07, 6.45) is -7.87. The van der Waals surface area contributed by atoms with Gasteiger partial charge in [0.1, 0.15) is 18.3 Å². The normalized spacial score (nSPS) is 30.5. The number of rotatable bonds is 5. The molecule has 3 rings (SSSR count). The van der Waals surface area contributed by atoms with E-state index in [0.717, 1.165) is 0 Å². The summed E-state index contributed by atoms with van der Waals surface area (Å²) in [5.41, 5.74) is 1.32. The molecule has 6 N–H and O–H groups in total. The number of aromatic nitrogens is 2. The molecule has 138 valence electrons. The molecule has 1 saturated heterocycles. The molecule has 1 aliphatic rings. The topological polar surface area (TPSA) is 165 Å². The van der Waals surface area contributed by atoms with Crippen LogP contribution in [0.5, 0.6) is 6.01 Å². The summed E-state index contributed by atoms with van der Waals surface area (Å²) in [5.74, 6) is 0. The van der Waals surface area contributed by atoms with E-state index in [-0.39, 0.29) is 12.4 Å². The summed E-state index contributed by atoms with van der Waals surface area (Å²) < 4.78 is 21.8. The molecular weight excluding hydrogens is 355 g/mol. The third-order valence-corrected chi connectivity index (χ3v) is 4.81. The molecule has 0 amide bonds. The van der Waals surface area contributed by atoms with Crippen LogP contribution in [0.3, 0.4) is 0 Å². The van der Waals surface area contributed by atoms with E-state index in [1.807, 2.05) is 0 Å². The van der Waals surface area contributed by atoms with Crippen LogP contribution >= 0.6 is 7.60 Å². The Hall–Kier alpha value is -1.52. The summed E-state index contributed by atoms with van der Waals surface area (Å²) >= 11 is 0. The van der Waals surface area contributed by atoms with Crippen molar-refractivity contribution in [3.8, 4) is 6.01 Å². The number of aromatic amines is 1. The summed E-state index contributed by atoms with van der Waals surface area (Å²) in [7, 11) is -4.29. The van der Waals surface area contributed by atoms with Gasteiger partial charge in [0.25, 0.3) is 6.01 Å².